The van der Waals surface area contributed by atoms with Crippen molar-refractivity contribution in [2.45, 2.75) is 32.1 Å². The first-order valence-corrected chi connectivity index (χ1v) is 4.73. The van der Waals surface area contributed by atoms with Gasteiger partial charge in [0, 0.05) is 5.41 Å². The summed E-state index contributed by atoms with van der Waals surface area (Å²) in [6, 6.07) is 0. The molecule has 0 radical (unpaired) electrons. The fourth-order valence-corrected chi connectivity index (χ4v) is 2.10. The zero-order chi connectivity index (χ0) is 9.64. The van der Waals surface area contributed by atoms with Crippen LogP contribution in [-0.2, 0) is 11.8 Å². The summed E-state index contributed by atoms with van der Waals surface area (Å²) in [7, 11) is 0. The third-order valence-electron chi connectivity index (χ3n) is 2.71. The predicted octanol–water partition coefficient (Wildman–Crippen LogP) is 3.10. The molecule has 0 N–H and O–H groups in total. The molecule has 1 aliphatic carbocycles. The van der Waals surface area contributed by atoms with Gasteiger partial charge in [-0.1, -0.05) is 25.4 Å². The van der Waals surface area contributed by atoms with Gasteiger partial charge in [-0.2, -0.15) is 0 Å². The summed E-state index contributed by atoms with van der Waals surface area (Å²) in [6.45, 7) is 4.22. The summed E-state index contributed by atoms with van der Waals surface area (Å²) in [6.07, 6.45) is 3.05. The molecule has 0 fully saturated rings. The Bertz CT molecular complexity index is 360. The normalized spacial score (nSPS) is 18.8. The van der Waals surface area contributed by atoms with E-state index in [4.69, 9.17) is 11.6 Å². The fourth-order valence-electron chi connectivity index (χ4n) is 1.87. The Hall–Kier alpha value is -0.630. The minimum Gasteiger partial charge on any atom is -0.257 e. The minimum absolute atomic E-state index is 0.0483. The van der Waals surface area contributed by atoms with E-state index in [1.807, 2.05) is 0 Å². The molecular formula is C10H11ClFN. The molecule has 0 atom stereocenters. The van der Waals surface area contributed by atoms with Gasteiger partial charge in [0.25, 0.3) is 0 Å². The van der Waals surface area contributed by atoms with E-state index in [1.165, 1.54) is 6.20 Å². The first kappa shape index (κ1) is 8.95. The highest BCUT2D eigenvalue weighted by Crippen LogP contribution is 2.40. The second-order valence-corrected chi connectivity index (χ2v) is 4.51. The summed E-state index contributed by atoms with van der Waals surface area (Å²) >= 11 is 5.85. The van der Waals surface area contributed by atoms with Crippen molar-refractivity contribution in [3.8, 4) is 0 Å². The van der Waals surface area contributed by atoms with Crippen LogP contribution >= 0.6 is 11.6 Å². The average Bonchev–Trinajstić information content (AvgIpc) is 2.35. The van der Waals surface area contributed by atoms with Gasteiger partial charge in [-0.25, -0.2) is 4.39 Å². The number of rotatable bonds is 0. The topological polar surface area (TPSA) is 12.9 Å². The van der Waals surface area contributed by atoms with Crippen LogP contribution in [0.5, 0.6) is 0 Å². The van der Waals surface area contributed by atoms with Gasteiger partial charge < -0.3 is 0 Å². The Balaban J connectivity index is 2.64. The van der Waals surface area contributed by atoms with Crippen molar-refractivity contribution in [3.05, 3.63) is 28.3 Å². The number of aromatic nitrogens is 1. The zero-order valence-electron chi connectivity index (χ0n) is 7.69. The van der Waals surface area contributed by atoms with Crippen molar-refractivity contribution in [1.29, 1.82) is 0 Å². The highest BCUT2D eigenvalue weighted by molar-refractivity contribution is 6.31. The van der Waals surface area contributed by atoms with E-state index in [2.05, 4.69) is 18.8 Å². The summed E-state index contributed by atoms with van der Waals surface area (Å²) < 4.78 is 13.0. The second kappa shape index (κ2) is 2.68. The highest BCUT2D eigenvalue weighted by atomic mass is 35.5. The number of hydrogen-bond donors (Lipinski definition) is 0. The van der Waals surface area contributed by atoms with Crippen LogP contribution in [0.2, 0.25) is 5.02 Å². The molecule has 1 aromatic heterocycles. The molecule has 0 aliphatic heterocycles. The SMILES string of the molecule is CC1(C)CCc2c1ncc(F)c2Cl. The maximum Gasteiger partial charge on any atom is 0.160 e. The van der Waals surface area contributed by atoms with E-state index in [-0.39, 0.29) is 10.4 Å². The molecule has 3 heteroatoms. The van der Waals surface area contributed by atoms with Gasteiger partial charge in [0.05, 0.1) is 16.9 Å². The monoisotopic (exact) mass is 199 g/mol. The van der Waals surface area contributed by atoms with E-state index < -0.39 is 5.82 Å². The largest absolute Gasteiger partial charge is 0.257 e. The van der Waals surface area contributed by atoms with Gasteiger partial charge in [0.1, 0.15) is 0 Å². The number of halogens is 2. The van der Waals surface area contributed by atoms with Crippen LogP contribution in [0.25, 0.3) is 0 Å². The van der Waals surface area contributed by atoms with E-state index >= 15 is 0 Å². The standard InChI is InChI=1S/C10H11ClFN/c1-10(2)4-3-6-8(11)7(12)5-13-9(6)10/h5H,3-4H2,1-2H3. The quantitative estimate of drug-likeness (QED) is 0.626. The summed E-state index contributed by atoms with van der Waals surface area (Å²) in [5.41, 5.74) is 1.90. The number of pyridine rings is 1. The molecule has 0 aromatic carbocycles. The van der Waals surface area contributed by atoms with Crippen molar-refractivity contribution in [2.75, 3.05) is 0 Å². The molecule has 0 bridgehead atoms. The molecule has 70 valence electrons. The Morgan fingerprint density at radius 2 is 2.23 bits per heavy atom. The van der Waals surface area contributed by atoms with Gasteiger partial charge in [-0.15, -0.1) is 0 Å². The smallest absolute Gasteiger partial charge is 0.160 e. The fraction of sp³-hybridized carbons (Fsp3) is 0.500. The highest BCUT2D eigenvalue weighted by Gasteiger charge is 2.33. The third-order valence-corrected chi connectivity index (χ3v) is 3.12. The maximum absolute atomic E-state index is 13.0. The van der Waals surface area contributed by atoms with Crippen molar-refractivity contribution in [3.63, 3.8) is 0 Å². The maximum atomic E-state index is 13.0. The first-order valence-electron chi connectivity index (χ1n) is 4.36. The van der Waals surface area contributed by atoms with Crippen molar-refractivity contribution >= 4 is 11.6 Å². The molecule has 0 saturated heterocycles. The van der Waals surface area contributed by atoms with Crippen LogP contribution in [0, 0.1) is 5.82 Å². The number of fused-ring (bicyclic) bond motifs is 1. The summed E-state index contributed by atoms with van der Waals surface area (Å²) in [5, 5.41) is 0.260. The Labute approximate surface area is 81.9 Å². The summed E-state index contributed by atoms with van der Waals surface area (Å²) in [4.78, 5) is 4.11. The van der Waals surface area contributed by atoms with E-state index in [9.17, 15) is 4.39 Å². The third kappa shape index (κ3) is 1.24. The molecule has 1 aliphatic rings. The van der Waals surface area contributed by atoms with E-state index in [0.717, 1.165) is 24.1 Å². The first-order chi connectivity index (χ1) is 6.02. The lowest BCUT2D eigenvalue weighted by atomic mass is 9.90. The van der Waals surface area contributed by atoms with Crippen molar-refractivity contribution in [1.82, 2.24) is 4.98 Å². The van der Waals surface area contributed by atoms with Crippen LogP contribution in [0.15, 0.2) is 6.20 Å². The zero-order valence-corrected chi connectivity index (χ0v) is 8.45. The van der Waals surface area contributed by atoms with Gasteiger partial charge in [-0.3, -0.25) is 4.98 Å². The Morgan fingerprint density at radius 3 is 2.92 bits per heavy atom. The van der Waals surface area contributed by atoms with E-state index in [0.29, 0.717) is 0 Å². The molecule has 1 heterocycles. The van der Waals surface area contributed by atoms with Crippen molar-refractivity contribution < 1.29 is 4.39 Å². The van der Waals surface area contributed by atoms with Gasteiger partial charge >= 0.3 is 0 Å². The Morgan fingerprint density at radius 1 is 1.54 bits per heavy atom. The molecule has 0 spiro atoms. The molecule has 1 aromatic rings. The number of hydrogen-bond acceptors (Lipinski definition) is 1. The van der Waals surface area contributed by atoms with Crippen LogP contribution in [0.4, 0.5) is 4.39 Å². The molecule has 13 heavy (non-hydrogen) atoms. The van der Waals surface area contributed by atoms with Crippen LogP contribution in [0.1, 0.15) is 31.5 Å². The lowest BCUT2D eigenvalue weighted by Gasteiger charge is -2.17. The predicted molar refractivity (Wildman–Crippen MR) is 50.6 cm³/mol. The van der Waals surface area contributed by atoms with Gasteiger partial charge in [-0.05, 0) is 18.4 Å². The van der Waals surface area contributed by atoms with Crippen LogP contribution in [0.3, 0.4) is 0 Å². The van der Waals surface area contributed by atoms with Gasteiger partial charge in [0.15, 0.2) is 5.82 Å². The van der Waals surface area contributed by atoms with Crippen LogP contribution < -0.4 is 0 Å². The lowest BCUT2D eigenvalue weighted by Crippen LogP contribution is -2.13. The van der Waals surface area contributed by atoms with E-state index in [1.54, 1.807) is 0 Å². The van der Waals surface area contributed by atoms with Gasteiger partial charge in [0.2, 0.25) is 0 Å². The molecule has 0 amide bonds. The second-order valence-electron chi connectivity index (χ2n) is 4.13. The van der Waals surface area contributed by atoms with Crippen molar-refractivity contribution in [2.24, 2.45) is 0 Å². The van der Waals surface area contributed by atoms with Crippen LogP contribution in [-0.4, -0.2) is 4.98 Å². The number of nitrogens with zero attached hydrogens (tertiary/aromatic N) is 1. The average molecular weight is 200 g/mol. The minimum atomic E-state index is -0.405. The lowest BCUT2D eigenvalue weighted by molar-refractivity contribution is 0.508. The molecule has 0 unspecified atom stereocenters. The molecule has 2 rings (SSSR count). The summed E-state index contributed by atoms with van der Waals surface area (Å²) in [5.74, 6) is -0.405. The molecule has 1 nitrogen and oxygen atoms in total. The molecule has 0 saturated carbocycles. The Kier molecular flexibility index (Phi) is 1.84. The molecular weight excluding hydrogens is 189 g/mol.